The summed E-state index contributed by atoms with van der Waals surface area (Å²) < 4.78 is 0. The molecule has 0 bridgehead atoms. The maximum atomic E-state index is 12.9. The maximum absolute atomic E-state index is 12.9. The van der Waals surface area contributed by atoms with Gasteiger partial charge in [0.05, 0.1) is 11.3 Å². The van der Waals surface area contributed by atoms with E-state index in [0.29, 0.717) is 32.7 Å². The van der Waals surface area contributed by atoms with Crippen molar-refractivity contribution < 1.29 is 14.7 Å². The molecule has 0 spiro atoms. The number of rotatable bonds is 5. The number of nitrogens with zero attached hydrogens (tertiary/aromatic N) is 3. The first-order chi connectivity index (χ1) is 15.7. The summed E-state index contributed by atoms with van der Waals surface area (Å²) in [6.45, 7) is 8.00. The highest BCUT2D eigenvalue weighted by molar-refractivity contribution is 5.99. The topological polar surface area (TPSA) is 122 Å². The first-order valence-electron chi connectivity index (χ1n) is 11.1. The number of hydrogen-bond donors (Lipinski definition) is 3. The molecule has 1 aliphatic heterocycles. The summed E-state index contributed by atoms with van der Waals surface area (Å²) in [5, 5.41) is 16.2. The van der Waals surface area contributed by atoms with Crippen molar-refractivity contribution >= 4 is 29.0 Å². The van der Waals surface area contributed by atoms with Gasteiger partial charge in [0.1, 0.15) is 11.4 Å². The molecule has 33 heavy (non-hydrogen) atoms. The van der Waals surface area contributed by atoms with Crippen molar-refractivity contribution in [3.05, 3.63) is 44.2 Å². The summed E-state index contributed by atoms with van der Waals surface area (Å²) in [5.41, 5.74) is -0.817. The van der Waals surface area contributed by atoms with Gasteiger partial charge in [-0.1, -0.05) is 26.3 Å². The molecule has 10 heteroatoms. The molecule has 3 amide bonds. The van der Waals surface area contributed by atoms with Gasteiger partial charge in [0, 0.05) is 46.8 Å². The molecule has 0 radical (unpaired) electrons. The van der Waals surface area contributed by atoms with Crippen molar-refractivity contribution in [3.63, 3.8) is 0 Å². The standard InChI is InChI=1S/C20H25N5O5.C3H8/c1-4-21-14-15(18(28)17(14)27)22-13-7-5-6-12(16(13)26)19(29)24-8-10-25(11-9-24)20(30)23(2)3;1-3-2/h5-7,21-22,26H,4,8-11H2,1-3H3;3H2,1-2H3. The van der Waals surface area contributed by atoms with Gasteiger partial charge in [-0.05, 0) is 19.1 Å². The van der Waals surface area contributed by atoms with Crippen LogP contribution in [0, 0.1) is 0 Å². The Morgan fingerprint density at radius 2 is 1.52 bits per heavy atom. The lowest BCUT2D eigenvalue weighted by atomic mass is 10.1. The van der Waals surface area contributed by atoms with E-state index in [1.54, 1.807) is 36.9 Å². The molecule has 2 aromatic carbocycles. The molecule has 3 N–H and O–H groups in total. The van der Waals surface area contributed by atoms with Crippen LogP contribution >= 0.6 is 0 Å². The Labute approximate surface area is 193 Å². The molecule has 1 heterocycles. The van der Waals surface area contributed by atoms with Crippen LogP contribution in [0.15, 0.2) is 27.8 Å². The third kappa shape index (κ3) is 5.63. The van der Waals surface area contributed by atoms with Gasteiger partial charge in [0.15, 0.2) is 5.75 Å². The fourth-order valence-corrected chi connectivity index (χ4v) is 3.36. The van der Waals surface area contributed by atoms with Gasteiger partial charge in [-0.3, -0.25) is 14.4 Å². The number of carbonyl (C=O) groups is 2. The summed E-state index contributed by atoms with van der Waals surface area (Å²) in [6, 6.07) is 4.49. The van der Waals surface area contributed by atoms with Crippen LogP contribution in [0.3, 0.4) is 0 Å². The Bertz CT molecular complexity index is 1050. The number of urea groups is 1. The van der Waals surface area contributed by atoms with E-state index in [0.717, 1.165) is 0 Å². The summed E-state index contributed by atoms with van der Waals surface area (Å²) in [5.74, 6) is -0.671. The third-order valence-corrected chi connectivity index (χ3v) is 5.01. The van der Waals surface area contributed by atoms with Crippen LogP contribution in [0.2, 0.25) is 0 Å². The minimum atomic E-state index is -0.677. The number of carbonyl (C=O) groups excluding carboxylic acids is 2. The van der Waals surface area contributed by atoms with Crippen LogP contribution in [0.25, 0.3) is 0 Å². The Balaban J connectivity index is 0.00000122. The zero-order valence-corrected chi connectivity index (χ0v) is 19.9. The Hall–Kier alpha value is -3.56. The van der Waals surface area contributed by atoms with Crippen LogP contribution in [-0.2, 0) is 0 Å². The third-order valence-electron chi connectivity index (χ3n) is 5.01. The lowest BCUT2D eigenvalue weighted by Gasteiger charge is -2.36. The molecule has 3 rings (SSSR count). The minimum Gasteiger partial charge on any atom is -0.505 e. The van der Waals surface area contributed by atoms with E-state index >= 15 is 0 Å². The lowest BCUT2D eigenvalue weighted by molar-refractivity contribution is 0.0647. The van der Waals surface area contributed by atoms with Gasteiger partial charge < -0.3 is 30.4 Å². The highest BCUT2D eigenvalue weighted by atomic mass is 16.3. The Morgan fingerprint density at radius 3 is 2.06 bits per heavy atom. The van der Waals surface area contributed by atoms with Gasteiger partial charge >= 0.3 is 6.03 Å². The molecule has 2 aromatic rings. The van der Waals surface area contributed by atoms with Gasteiger partial charge in [0.25, 0.3) is 16.8 Å². The minimum absolute atomic E-state index is 0.0672. The van der Waals surface area contributed by atoms with E-state index in [4.69, 9.17) is 0 Å². The first kappa shape index (κ1) is 25.7. The second-order valence-electron chi connectivity index (χ2n) is 7.93. The van der Waals surface area contributed by atoms with Crippen molar-refractivity contribution in [1.29, 1.82) is 0 Å². The van der Waals surface area contributed by atoms with Gasteiger partial charge in [-0.15, -0.1) is 0 Å². The van der Waals surface area contributed by atoms with E-state index < -0.39 is 10.9 Å². The van der Waals surface area contributed by atoms with Crippen LogP contribution in [-0.4, -0.2) is 78.6 Å². The fraction of sp³-hybridized carbons (Fsp3) is 0.478. The normalized spacial score (nSPS) is 13.2. The van der Waals surface area contributed by atoms with E-state index in [-0.39, 0.29) is 40.3 Å². The van der Waals surface area contributed by atoms with E-state index in [9.17, 15) is 24.3 Å². The average molecular weight is 460 g/mol. The molecule has 0 unspecified atom stereocenters. The molecule has 1 saturated heterocycles. The van der Waals surface area contributed by atoms with Crippen LogP contribution in [0.4, 0.5) is 21.9 Å². The van der Waals surface area contributed by atoms with E-state index in [2.05, 4.69) is 24.5 Å². The zero-order chi connectivity index (χ0) is 24.7. The number of anilines is 3. The van der Waals surface area contributed by atoms with Crippen molar-refractivity contribution in [3.8, 4) is 5.75 Å². The number of hydrogen-bond acceptors (Lipinski definition) is 7. The first-order valence-corrected chi connectivity index (χ1v) is 11.1. The smallest absolute Gasteiger partial charge is 0.319 e. The summed E-state index contributed by atoms with van der Waals surface area (Å²) in [6.07, 6.45) is 1.25. The Kier molecular flexibility index (Phi) is 8.84. The molecule has 1 fully saturated rings. The molecular formula is C23H33N5O5. The summed E-state index contributed by atoms with van der Waals surface area (Å²) >= 11 is 0. The van der Waals surface area contributed by atoms with Gasteiger partial charge in [-0.2, -0.15) is 0 Å². The predicted octanol–water partition coefficient (Wildman–Crippen LogP) is 2.02. The molecule has 180 valence electrons. The van der Waals surface area contributed by atoms with Gasteiger partial charge in [-0.25, -0.2) is 4.79 Å². The monoisotopic (exact) mass is 459 g/mol. The molecular weight excluding hydrogens is 426 g/mol. The van der Waals surface area contributed by atoms with Crippen molar-refractivity contribution in [2.45, 2.75) is 27.2 Å². The summed E-state index contributed by atoms with van der Waals surface area (Å²) in [7, 11) is 3.35. The van der Waals surface area contributed by atoms with E-state index in [1.807, 2.05) is 0 Å². The molecule has 1 aliphatic rings. The number of phenols is 1. The number of para-hydroxylation sites is 1. The molecule has 0 aromatic heterocycles. The lowest BCUT2D eigenvalue weighted by Crippen LogP contribution is -2.52. The highest BCUT2D eigenvalue weighted by Gasteiger charge is 2.28. The molecule has 0 atom stereocenters. The number of piperazine rings is 1. The van der Waals surface area contributed by atoms with Gasteiger partial charge in [0.2, 0.25) is 0 Å². The predicted molar refractivity (Wildman–Crippen MR) is 129 cm³/mol. The van der Waals surface area contributed by atoms with E-state index in [1.165, 1.54) is 23.5 Å². The summed E-state index contributed by atoms with van der Waals surface area (Å²) in [4.78, 5) is 53.2. The zero-order valence-electron chi connectivity index (χ0n) is 19.9. The van der Waals surface area contributed by atoms with Crippen molar-refractivity contribution in [2.24, 2.45) is 0 Å². The molecule has 0 saturated carbocycles. The van der Waals surface area contributed by atoms with Crippen LogP contribution < -0.4 is 21.5 Å². The molecule has 0 aliphatic carbocycles. The fourth-order valence-electron chi connectivity index (χ4n) is 3.36. The second-order valence-corrected chi connectivity index (χ2v) is 7.93. The van der Waals surface area contributed by atoms with Crippen LogP contribution in [0.5, 0.6) is 5.75 Å². The van der Waals surface area contributed by atoms with Crippen molar-refractivity contribution in [2.75, 3.05) is 57.5 Å². The Morgan fingerprint density at radius 1 is 0.970 bits per heavy atom. The number of amides is 3. The van der Waals surface area contributed by atoms with Crippen LogP contribution in [0.1, 0.15) is 37.6 Å². The quantitative estimate of drug-likeness (QED) is 0.462. The molecule has 10 nitrogen and oxygen atoms in total. The SMILES string of the molecule is CCC.CCNc1c(Nc2cccc(C(=O)N3CCN(C(=O)N(C)C)CC3)c2O)c(=O)c1=O. The number of benzene rings is 1. The average Bonchev–Trinajstić information content (AvgIpc) is 2.81. The number of nitrogens with one attached hydrogen (secondary N) is 2. The second kappa shape index (κ2) is 11.3. The maximum Gasteiger partial charge on any atom is 0.319 e. The number of aromatic hydroxyl groups is 1. The largest absolute Gasteiger partial charge is 0.505 e. The number of phenolic OH excluding ortho intramolecular Hbond substituents is 1. The van der Waals surface area contributed by atoms with Crippen molar-refractivity contribution in [1.82, 2.24) is 14.7 Å². The highest BCUT2D eigenvalue weighted by Crippen LogP contribution is 2.32.